The molecule has 2 aromatic rings. The summed E-state index contributed by atoms with van der Waals surface area (Å²) in [7, 11) is 1.56. The Morgan fingerprint density at radius 1 is 0.941 bits per heavy atom. The number of ether oxygens (including phenoxy) is 2. The van der Waals surface area contributed by atoms with E-state index < -0.39 is 17.9 Å². The summed E-state index contributed by atoms with van der Waals surface area (Å²) < 4.78 is 54.6. The van der Waals surface area contributed by atoms with E-state index in [2.05, 4.69) is 6.58 Å². The van der Waals surface area contributed by atoms with E-state index in [-0.39, 0.29) is 29.5 Å². The van der Waals surface area contributed by atoms with E-state index in [4.69, 9.17) is 9.47 Å². The summed E-state index contributed by atoms with van der Waals surface area (Å²) in [6, 6.07) is 9.57. The zero-order valence-corrected chi connectivity index (χ0v) is 19.4. The lowest BCUT2D eigenvalue weighted by Gasteiger charge is -2.27. The molecule has 3 atom stereocenters. The van der Waals surface area contributed by atoms with Crippen molar-refractivity contribution in [2.45, 2.75) is 62.8 Å². The van der Waals surface area contributed by atoms with Crippen molar-refractivity contribution in [3.63, 3.8) is 0 Å². The van der Waals surface area contributed by atoms with Gasteiger partial charge in [-0.1, -0.05) is 36.4 Å². The fourth-order valence-electron chi connectivity index (χ4n) is 5.06. The highest BCUT2D eigenvalue weighted by atomic mass is 19.2. The third kappa shape index (κ3) is 5.23. The first-order valence-corrected chi connectivity index (χ1v) is 11.9. The van der Waals surface area contributed by atoms with Crippen molar-refractivity contribution in [1.29, 1.82) is 0 Å². The van der Waals surface area contributed by atoms with Gasteiger partial charge in [0.25, 0.3) is 0 Å². The van der Waals surface area contributed by atoms with E-state index in [1.165, 1.54) is 12.1 Å². The van der Waals surface area contributed by atoms with E-state index in [0.29, 0.717) is 23.5 Å². The van der Waals surface area contributed by atoms with Gasteiger partial charge >= 0.3 is 0 Å². The number of hydrogen-bond acceptors (Lipinski definition) is 3. The van der Waals surface area contributed by atoms with Gasteiger partial charge < -0.3 is 14.6 Å². The smallest absolute Gasteiger partial charge is 0.224 e. The summed E-state index contributed by atoms with van der Waals surface area (Å²) >= 11 is 0. The molecule has 0 saturated heterocycles. The molecule has 3 unspecified atom stereocenters. The van der Waals surface area contributed by atoms with Gasteiger partial charge in [-0.15, -0.1) is 6.58 Å². The lowest BCUT2D eigenvalue weighted by Crippen LogP contribution is -2.17. The summed E-state index contributed by atoms with van der Waals surface area (Å²) in [4.78, 5) is 0. The van der Waals surface area contributed by atoms with Gasteiger partial charge in [0.05, 0.1) is 6.10 Å². The number of aliphatic hydroxyl groups is 1. The zero-order chi connectivity index (χ0) is 24.2. The Balaban J connectivity index is 1.43. The molecule has 0 radical (unpaired) electrons. The molecular formula is C28H31F3O3. The van der Waals surface area contributed by atoms with Crippen molar-refractivity contribution < 1.29 is 27.8 Å². The Bertz CT molecular complexity index is 1030. The number of methoxy groups -OCH3 is 1. The Hall–Kier alpha value is -2.57. The highest BCUT2D eigenvalue weighted by Crippen LogP contribution is 2.40. The Morgan fingerprint density at radius 2 is 1.65 bits per heavy atom. The first kappa shape index (κ1) is 24.6. The average molecular weight is 473 g/mol. The quantitative estimate of drug-likeness (QED) is 0.341. The van der Waals surface area contributed by atoms with Crippen molar-refractivity contribution in [2.75, 3.05) is 7.11 Å². The van der Waals surface area contributed by atoms with Crippen molar-refractivity contribution in [3.8, 4) is 5.75 Å². The Kier molecular flexibility index (Phi) is 7.79. The second-order valence-electron chi connectivity index (χ2n) is 9.22. The first-order valence-electron chi connectivity index (χ1n) is 11.9. The minimum atomic E-state index is -1.48. The van der Waals surface area contributed by atoms with E-state index in [0.717, 1.165) is 37.7 Å². The maximum atomic E-state index is 14.8. The first-order chi connectivity index (χ1) is 16.4. The number of allylic oxidation sites excluding steroid dienone is 2. The van der Waals surface area contributed by atoms with Crippen LogP contribution < -0.4 is 4.74 Å². The van der Waals surface area contributed by atoms with Crippen LogP contribution in [0.5, 0.6) is 5.75 Å². The summed E-state index contributed by atoms with van der Waals surface area (Å²) in [6.07, 6.45) is 6.45. The highest BCUT2D eigenvalue weighted by molar-refractivity contribution is 5.35. The molecule has 6 heteroatoms. The predicted molar refractivity (Wildman–Crippen MR) is 125 cm³/mol. The molecule has 2 aliphatic rings. The number of halogens is 3. The van der Waals surface area contributed by atoms with Gasteiger partial charge in [-0.05, 0) is 73.6 Å². The molecule has 182 valence electrons. The van der Waals surface area contributed by atoms with E-state index in [1.54, 1.807) is 37.4 Å². The third-order valence-corrected chi connectivity index (χ3v) is 7.20. The number of aliphatic hydroxyl groups excluding tert-OH is 1. The Morgan fingerprint density at radius 3 is 2.26 bits per heavy atom. The van der Waals surface area contributed by atoms with Gasteiger partial charge in [-0.2, -0.15) is 4.39 Å². The molecule has 1 N–H and O–H groups in total. The summed E-state index contributed by atoms with van der Waals surface area (Å²) in [5.41, 5.74) is 1.49. The topological polar surface area (TPSA) is 38.7 Å². The van der Waals surface area contributed by atoms with Crippen LogP contribution in [0.4, 0.5) is 13.2 Å². The van der Waals surface area contributed by atoms with Gasteiger partial charge in [0, 0.05) is 18.6 Å². The second-order valence-corrected chi connectivity index (χ2v) is 9.22. The predicted octanol–water partition coefficient (Wildman–Crippen LogP) is 7.24. The maximum Gasteiger partial charge on any atom is 0.224 e. The van der Waals surface area contributed by atoms with Gasteiger partial charge in [0.2, 0.25) is 12.1 Å². The molecular weight excluding hydrogens is 441 g/mol. The zero-order valence-electron chi connectivity index (χ0n) is 19.4. The monoisotopic (exact) mass is 472 g/mol. The van der Waals surface area contributed by atoms with E-state index in [9.17, 15) is 18.3 Å². The molecule has 0 heterocycles. The fraction of sp³-hybridized carbons (Fsp3) is 0.429. The van der Waals surface area contributed by atoms with Gasteiger partial charge in [0.1, 0.15) is 5.83 Å². The molecule has 3 nitrogen and oxygen atoms in total. The van der Waals surface area contributed by atoms with Crippen LogP contribution >= 0.6 is 0 Å². The molecule has 4 rings (SSSR count). The molecule has 34 heavy (non-hydrogen) atoms. The van der Waals surface area contributed by atoms with Crippen molar-refractivity contribution in [2.24, 2.45) is 5.92 Å². The second kappa shape index (κ2) is 10.8. The van der Waals surface area contributed by atoms with Crippen LogP contribution in [0.25, 0.3) is 0 Å². The lowest BCUT2D eigenvalue weighted by molar-refractivity contribution is -0.0225. The van der Waals surface area contributed by atoms with Gasteiger partial charge in [-0.3, -0.25) is 0 Å². The van der Waals surface area contributed by atoms with Crippen LogP contribution in [-0.4, -0.2) is 18.3 Å². The molecule has 0 aliphatic heterocycles. The molecule has 2 aliphatic carbocycles. The van der Waals surface area contributed by atoms with Crippen molar-refractivity contribution >= 4 is 0 Å². The molecule has 0 aromatic heterocycles. The standard InChI is InChI=1S/C28H31F3O3/c1-3-17-4-6-19(7-5-17)23-14-15-25(27(31)26(23)30)34-28(32)20-10-8-18(9-11-20)22-13-12-21(33-2)16-24(22)29/h3,8-11,14-17,19,21-22,28,32H,1,4-7,12-13H2,2H3. The molecule has 2 aromatic carbocycles. The summed E-state index contributed by atoms with van der Waals surface area (Å²) in [6.45, 7) is 3.82. The van der Waals surface area contributed by atoms with Crippen LogP contribution in [0.15, 0.2) is 61.0 Å². The van der Waals surface area contributed by atoms with Crippen molar-refractivity contribution in [1.82, 2.24) is 0 Å². The van der Waals surface area contributed by atoms with Crippen LogP contribution in [0, 0.1) is 17.6 Å². The number of hydrogen-bond donors (Lipinski definition) is 1. The van der Waals surface area contributed by atoms with Crippen LogP contribution in [0.3, 0.4) is 0 Å². The van der Waals surface area contributed by atoms with E-state index >= 15 is 0 Å². The fourth-order valence-corrected chi connectivity index (χ4v) is 5.06. The van der Waals surface area contributed by atoms with Gasteiger partial charge in [-0.25, -0.2) is 8.78 Å². The van der Waals surface area contributed by atoms with E-state index in [1.807, 2.05) is 6.08 Å². The molecule has 0 spiro atoms. The normalized spacial score (nSPS) is 26.0. The van der Waals surface area contributed by atoms with Crippen LogP contribution in [0.2, 0.25) is 0 Å². The summed E-state index contributed by atoms with van der Waals surface area (Å²) in [5.74, 6) is -2.56. The molecule has 1 saturated carbocycles. The largest absolute Gasteiger partial charge is 0.458 e. The summed E-state index contributed by atoms with van der Waals surface area (Å²) in [5, 5.41) is 10.5. The maximum absolute atomic E-state index is 14.8. The minimum Gasteiger partial charge on any atom is -0.458 e. The van der Waals surface area contributed by atoms with Crippen molar-refractivity contribution in [3.05, 3.63) is 89.3 Å². The molecule has 0 amide bonds. The van der Waals surface area contributed by atoms with Gasteiger partial charge in [0.15, 0.2) is 11.6 Å². The average Bonchev–Trinajstić information content (AvgIpc) is 2.87. The minimum absolute atomic E-state index is 0.0365. The Labute approximate surface area is 198 Å². The number of rotatable bonds is 7. The van der Waals surface area contributed by atoms with Crippen LogP contribution in [0.1, 0.15) is 73.3 Å². The lowest BCUT2D eigenvalue weighted by atomic mass is 9.78. The SMILES string of the molecule is C=CC1CCC(c2ccc(OC(O)c3ccc(C4CCC(OC)C=C4F)cc3)c(F)c2F)CC1. The molecule has 0 bridgehead atoms. The van der Waals surface area contributed by atoms with Crippen LogP contribution in [-0.2, 0) is 4.74 Å². The third-order valence-electron chi connectivity index (χ3n) is 7.20. The molecule has 1 fully saturated rings. The highest BCUT2D eigenvalue weighted by Gasteiger charge is 2.27. The number of benzene rings is 2.